The second-order valence-corrected chi connectivity index (χ2v) is 6.72. The van der Waals surface area contributed by atoms with Crippen LogP contribution in [-0.4, -0.2) is 20.5 Å². The summed E-state index contributed by atoms with van der Waals surface area (Å²) in [6.07, 6.45) is 3.22. The van der Waals surface area contributed by atoms with Gasteiger partial charge in [-0.2, -0.15) is 0 Å². The molecule has 0 aromatic heterocycles. The summed E-state index contributed by atoms with van der Waals surface area (Å²) in [4.78, 5) is 2.34. The number of nitrogen functional groups attached to an aromatic ring is 1. The van der Waals surface area contributed by atoms with E-state index in [1.165, 1.54) is 6.07 Å². The molecule has 0 aliphatic carbocycles. The normalized spacial score (nSPS) is 23.8. The fourth-order valence-electron chi connectivity index (χ4n) is 2.83. The fraction of sp³-hybridized carbons (Fsp3) is 0.538. The van der Waals surface area contributed by atoms with Gasteiger partial charge in [0.05, 0.1) is 16.3 Å². The molecule has 5 nitrogen and oxygen atoms in total. The number of hydrogen-bond acceptors (Lipinski definition) is 4. The van der Waals surface area contributed by atoms with Crippen LogP contribution in [0.3, 0.4) is 0 Å². The van der Waals surface area contributed by atoms with Crippen molar-refractivity contribution >= 4 is 21.4 Å². The molecule has 0 amide bonds. The van der Waals surface area contributed by atoms with Crippen molar-refractivity contribution in [2.24, 2.45) is 5.14 Å². The number of benzene rings is 1. The van der Waals surface area contributed by atoms with Gasteiger partial charge in [-0.1, -0.05) is 6.92 Å². The molecule has 6 heteroatoms. The van der Waals surface area contributed by atoms with Gasteiger partial charge in [0.15, 0.2) is 0 Å². The average Bonchev–Trinajstić information content (AvgIpc) is 2.69. The molecule has 1 heterocycles. The first-order valence-corrected chi connectivity index (χ1v) is 8.10. The van der Waals surface area contributed by atoms with Gasteiger partial charge in [0.1, 0.15) is 0 Å². The first-order chi connectivity index (χ1) is 8.84. The topological polar surface area (TPSA) is 89.4 Å². The van der Waals surface area contributed by atoms with E-state index in [0.717, 1.165) is 24.9 Å². The summed E-state index contributed by atoms with van der Waals surface area (Å²) in [6, 6.07) is 5.44. The number of primary sulfonamides is 1. The van der Waals surface area contributed by atoms with Gasteiger partial charge in [0.2, 0.25) is 10.0 Å². The molecule has 4 N–H and O–H groups in total. The quantitative estimate of drug-likeness (QED) is 0.826. The highest BCUT2D eigenvalue weighted by Crippen LogP contribution is 2.36. The number of sulfonamides is 1. The SMILES string of the molecule is CCC1CCC(C)N1c1cc(S(N)(=O)=O)ccc1N. The molecule has 0 bridgehead atoms. The molecule has 2 unspecified atom stereocenters. The van der Waals surface area contributed by atoms with E-state index in [-0.39, 0.29) is 4.90 Å². The molecule has 1 saturated heterocycles. The van der Waals surface area contributed by atoms with E-state index in [1.54, 1.807) is 12.1 Å². The van der Waals surface area contributed by atoms with Crippen molar-refractivity contribution in [2.45, 2.75) is 50.1 Å². The minimum atomic E-state index is -3.70. The molecule has 0 radical (unpaired) electrons. The highest BCUT2D eigenvalue weighted by atomic mass is 32.2. The average molecular weight is 283 g/mol. The zero-order valence-corrected chi connectivity index (χ0v) is 12.2. The zero-order valence-electron chi connectivity index (χ0n) is 11.3. The van der Waals surface area contributed by atoms with E-state index in [4.69, 9.17) is 10.9 Å². The lowest BCUT2D eigenvalue weighted by Crippen LogP contribution is -2.34. The predicted octanol–water partition coefficient (Wildman–Crippen LogP) is 1.68. The Morgan fingerprint density at radius 2 is 2.05 bits per heavy atom. The van der Waals surface area contributed by atoms with E-state index >= 15 is 0 Å². The summed E-state index contributed by atoms with van der Waals surface area (Å²) in [5.74, 6) is 0. The van der Waals surface area contributed by atoms with Crippen molar-refractivity contribution in [1.82, 2.24) is 0 Å². The van der Waals surface area contributed by atoms with Crippen molar-refractivity contribution < 1.29 is 8.42 Å². The Balaban J connectivity index is 2.49. The van der Waals surface area contributed by atoms with Crippen LogP contribution in [0.4, 0.5) is 11.4 Å². The van der Waals surface area contributed by atoms with Gasteiger partial charge in [-0.05, 0) is 44.4 Å². The molecule has 106 valence electrons. The summed E-state index contributed by atoms with van der Waals surface area (Å²) in [5.41, 5.74) is 7.39. The van der Waals surface area contributed by atoms with Gasteiger partial charge >= 0.3 is 0 Å². The van der Waals surface area contributed by atoms with Gasteiger partial charge < -0.3 is 10.6 Å². The third kappa shape index (κ3) is 2.69. The Bertz CT molecular complexity index is 571. The Kier molecular flexibility index (Phi) is 3.73. The largest absolute Gasteiger partial charge is 0.397 e. The fourth-order valence-corrected chi connectivity index (χ4v) is 3.36. The van der Waals surface area contributed by atoms with Crippen LogP contribution in [0, 0.1) is 0 Å². The van der Waals surface area contributed by atoms with E-state index in [2.05, 4.69) is 18.7 Å². The summed E-state index contributed by atoms with van der Waals surface area (Å²) in [5, 5.41) is 5.19. The Labute approximate surface area is 114 Å². The van der Waals surface area contributed by atoms with Crippen molar-refractivity contribution in [3.63, 3.8) is 0 Å². The number of nitrogens with zero attached hydrogens (tertiary/aromatic N) is 1. The van der Waals surface area contributed by atoms with E-state index in [9.17, 15) is 8.42 Å². The summed E-state index contributed by atoms with van der Waals surface area (Å²) < 4.78 is 22.9. The number of nitrogens with two attached hydrogens (primary N) is 2. The van der Waals surface area contributed by atoms with Crippen molar-refractivity contribution in [1.29, 1.82) is 0 Å². The third-order valence-corrected chi connectivity index (χ3v) is 4.78. The molecule has 1 fully saturated rings. The first kappa shape index (κ1) is 14.1. The maximum Gasteiger partial charge on any atom is 0.238 e. The second kappa shape index (κ2) is 5.02. The van der Waals surface area contributed by atoms with E-state index in [1.807, 2.05) is 0 Å². The van der Waals surface area contributed by atoms with Crippen molar-refractivity contribution in [3.8, 4) is 0 Å². The Morgan fingerprint density at radius 3 is 2.63 bits per heavy atom. The van der Waals surface area contributed by atoms with Crippen LogP contribution in [0.2, 0.25) is 0 Å². The standard InChI is InChI=1S/C13H21N3O2S/c1-3-10-5-4-9(2)16(10)13-8-11(19(15,17)18)6-7-12(13)14/h6-10H,3-5,14H2,1-2H3,(H2,15,17,18). The van der Waals surface area contributed by atoms with Crippen LogP contribution in [0.5, 0.6) is 0 Å². The summed E-state index contributed by atoms with van der Waals surface area (Å²) in [7, 11) is -3.70. The van der Waals surface area contributed by atoms with Gasteiger partial charge in [-0.3, -0.25) is 0 Å². The minimum absolute atomic E-state index is 0.116. The van der Waals surface area contributed by atoms with Crippen LogP contribution in [0.1, 0.15) is 33.1 Å². The maximum atomic E-state index is 11.5. The van der Waals surface area contributed by atoms with Crippen molar-refractivity contribution in [3.05, 3.63) is 18.2 Å². The molecule has 1 aromatic carbocycles. The monoisotopic (exact) mass is 283 g/mol. The maximum absolute atomic E-state index is 11.5. The van der Waals surface area contributed by atoms with Gasteiger partial charge in [0, 0.05) is 12.1 Å². The summed E-state index contributed by atoms with van der Waals surface area (Å²) >= 11 is 0. The molecule has 19 heavy (non-hydrogen) atoms. The van der Waals surface area contributed by atoms with Crippen LogP contribution in [0.15, 0.2) is 23.1 Å². The second-order valence-electron chi connectivity index (χ2n) is 5.16. The van der Waals surface area contributed by atoms with Crippen LogP contribution in [0.25, 0.3) is 0 Å². The van der Waals surface area contributed by atoms with Crippen LogP contribution in [-0.2, 0) is 10.0 Å². The van der Waals surface area contributed by atoms with Gasteiger partial charge in [-0.25, -0.2) is 13.6 Å². The van der Waals surface area contributed by atoms with E-state index < -0.39 is 10.0 Å². The summed E-state index contributed by atoms with van der Waals surface area (Å²) in [6.45, 7) is 4.27. The van der Waals surface area contributed by atoms with Gasteiger partial charge in [-0.15, -0.1) is 0 Å². The minimum Gasteiger partial charge on any atom is -0.397 e. The van der Waals surface area contributed by atoms with E-state index in [0.29, 0.717) is 17.8 Å². The number of hydrogen-bond donors (Lipinski definition) is 2. The molecule has 0 spiro atoms. The number of rotatable bonds is 3. The molecule has 1 aliphatic rings. The molecule has 2 rings (SSSR count). The molecule has 1 aromatic rings. The van der Waals surface area contributed by atoms with Crippen LogP contribution < -0.4 is 15.8 Å². The molecular weight excluding hydrogens is 262 g/mol. The van der Waals surface area contributed by atoms with Gasteiger partial charge in [0.25, 0.3) is 0 Å². The molecule has 0 saturated carbocycles. The number of anilines is 2. The van der Waals surface area contributed by atoms with Crippen molar-refractivity contribution in [2.75, 3.05) is 10.6 Å². The highest BCUT2D eigenvalue weighted by Gasteiger charge is 2.31. The molecule has 2 atom stereocenters. The lowest BCUT2D eigenvalue weighted by Gasteiger charge is -2.31. The lowest BCUT2D eigenvalue weighted by atomic mass is 10.1. The predicted molar refractivity (Wildman–Crippen MR) is 77.5 cm³/mol. The smallest absolute Gasteiger partial charge is 0.238 e. The first-order valence-electron chi connectivity index (χ1n) is 6.55. The lowest BCUT2D eigenvalue weighted by molar-refractivity contribution is 0.597. The Hall–Kier alpha value is -1.27. The molecular formula is C13H21N3O2S. The van der Waals surface area contributed by atoms with Crippen LogP contribution >= 0.6 is 0 Å². The molecule has 1 aliphatic heterocycles. The zero-order chi connectivity index (χ0) is 14.2. The Morgan fingerprint density at radius 1 is 1.37 bits per heavy atom. The highest BCUT2D eigenvalue weighted by molar-refractivity contribution is 7.89. The third-order valence-electron chi connectivity index (χ3n) is 3.87.